The Labute approximate surface area is 474 Å². The predicted octanol–water partition coefficient (Wildman–Crippen LogP) is 21.5. The van der Waals surface area contributed by atoms with Gasteiger partial charge in [-0.25, -0.2) is 0 Å². The highest BCUT2D eigenvalue weighted by Crippen LogP contribution is 2.14. The molecule has 6 heteroatoms. The molecule has 1 unspecified atom stereocenters. The van der Waals surface area contributed by atoms with Gasteiger partial charge in [-0.1, -0.05) is 250 Å². The highest BCUT2D eigenvalue weighted by Gasteiger charge is 2.19. The molecular weight excluding hydrogens is 949 g/mol. The number of allylic oxidation sites excluding steroid dienone is 24. The average molecular weight is 1060 g/mol. The Morgan fingerprint density at radius 1 is 0.273 bits per heavy atom. The van der Waals surface area contributed by atoms with Crippen molar-refractivity contribution in [3.63, 3.8) is 0 Å². The number of carbonyl (C=O) groups excluding carboxylic acids is 3. The van der Waals surface area contributed by atoms with Crippen LogP contribution in [-0.2, 0) is 28.6 Å². The van der Waals surface area contributed by atoms with Crippen molar-refractivity contribution in [3.8, 4) is 0 Å². The SMILES string of the molecule is CC/C=C\C/C=C\C/C=C\C/C=C\C/C=C\C/C=C\C/C=C\C/C=C\C/C=C\C/C=C\CCCCCCC(=O)OCC(COC(=O)CCCCCCC/C=C\CCCC)OC(=O)CCCCCCC/C=C\CCCCCC. The van der Waals surface area contributed by atoms with Crippen molar-refractivity contribution in [1.29, 1.82) is 0 Å². The molecule has 0 aliphatic rings. The molecule has 0 saturated carbocycles. The normalized spacial score (nSPS) is 13.1. The molecule has 77 heavy (non-hydrogen) atoms. The number of unbranched alkanes of at least 4 members (excludes halogenated alkanes) is 20. The monoisotopic (exact) mass is 1060 g/mol. The van der Waals surface area contributed by atoms with Crippen molar-refractivity contribution in [3.05, 3.63) is 146 Å². The molecule has 434 valence electrons. The second kappa shape index (κ2) is 63.8. The van der Waals surface area contributed by atoms with E-state index in [1.165, 1.54) is 64.2 Å². The molecule has 0 aromatic rings. The van der Waals surface area contributed by atoms with Gasteiger partial charge < -0.3 is 14.2 Å². The largest absolute Gasteiger partial charge is 0.462 e. The summed E-state index contributed by atoms with van der Waals surface area (Å²) >= 11 is 0. The molecule has 1 atom stereocenters. The molecule has 0 aliphatic heterocycles. The van der Waals surface area contributed by atoms with Crippen molar-refractivity contribution in [1.82, 2.24) is 0 Å². The summed E-state index contributed by atoms with van der Waals surface area (Å²) in [6, 6.07) is 0. The van der Waals surface area contributed by atoms with Crippen LogP contribution in [0.15, 0.2) is 146 Å². The van der Waals surface area contributed by atoms with Crippen molar-refractivity contribution in [2.75, 3.05) is 13.2 Å². The van der Waals surface area contributed by atoms with Gasteiger partial charge in [-0.3, -0.25) is 14.4 Å². The molecule has 0 amide bonds. The van der Waals surface area contributed by atoms with Crippen molar-refractivity contribution < 1.29 is 28.6 Å². The Kier molecular flexibility index (Phi) is 59.9. The second-order valence-corrected chi connectivity index (χ2v) is 20.2. The summed E-state index contributed by atoms with van der Waals surface area (Å²) in [5, 5.41) is 0. The van der Waals surface area contributed by atoms with E-state index in [-0.39, 0.29) is 31.1 Å². The minimum Gasteiger partial charge on any atom is -0.462 e. The van der Waals surface area contributed by atoms with Gasteiger partial charge in [0.25, 0.3) is 0 Å². The molecule has 0 bridgehead atoms. The fraction of sp³-hybridized carbons (Fsp3) is 0.620. The van der Waals surface area contributed by atoms with Gasteiger partial charge in [0.2, 0.25) is 0 Å². The molecule has 0 radical (unpaired) electrons. The maximum atomic E-state index is 12.8. The first-order valence-electron chi connectivity index (χ1n) is 31.3. The third-order valence-corrected chi connectivity index (χ3v) is 12.8. The van der Waals surface area contributed by atoms with E-state index < -0.39 is 6.10 Å². The lowest BCUT2D eigenvalue weighted by Crippen LogP contribution is -2.30. The van der Waals surface area contributed by atoms with E-state index in [1.807, 2.05) is 0 Å². The summed E-state index contributed by atoms with van der Waals surface area (Å²) in [5.74, 6) is -0.946. The zero-order valence-corrected chi connectivity index (χ0v) is 49.7. The minimum absolute atomic E-state index is 0.0974. The van der Waals surface area contributed by atoms with E-state index in [1.54, 1.807) is 0 Å². The van der Waals surface area contributed by atoms with Crippen LogP contribution in [0, 0.1) is 0 Å². The molecule has 0 rings (SSSR count). The smallest absolute Gasteiger partial charge is 0.306 e. The van der Waals surface area contributed by atoms with E-state index in [2.05, 4.69) is 167 Å². The standard InChI is InChI=1S/C71H114O6/c1-4-7-10-13-16-19-22-24-25-26-27-28-29-30-31-32-33-34-35-36-37-38-39-40-41-42-43-44-45-47-49-52-55-58-61-64-70(73)76-67-68(66-75-69(72)63-60-57-54-51-48-21-18-15-12-9-6-3)77-71(74)65-62-59-56-53-50-46-23-20-17-14-11-8-5-2/h7,10,15-16,18-20,23-25,27-28,30-31,33-34,36-37,39-40,42-43,45,47,68H,4-6,8-9,11-14,17,21-22,26,29,32,35,38,41,44,46,48-67H2,1-3H3/b10-7-,18-15-,19-16-,23-20-,25-24-,28-27-,31-30-,34-33-,37-36-,40-39-,43-42-,47-45-. The van der Waals surface area contributed by atoms with E-state index in [0.29, 0.717) is 19.3 Å². The van der Waals surface area contributed by atoms with E-state index >= 15 is 0 Å². The maximum Gasteiger partial charge on any atom is 0.306 e. The number of esters is 3. The summed E-state index contributed by atoms with van der Waals surface area (Å²) < 4.78 is 16.8. The van der Waals surface area contributed by atoms with Crippen LogP contribution in [0.3, 0.4) is 0 Å². The summed E-state index contributed by atoms with van der Waals surface area (Å²) in [6.45, 7) is 6.43. The number of ether oxygens (including phenoxy) is 3. The van der Waals surface area contributed by atoms with E-state index in [9.17, 15) is 14.4 Å². The average Bonchev–Trinajstić information content (AvgIpc) is 3.43. The van der Waals surface area contributed by atoms with Crippen LogP contribution in [0.4, 0.5) is 0 Å². The number of hydrogen-bond acceptors (Lipinski definition) is 6. The van der Waals surface area contributed by atoms with Crippen molar-refractivity contribution >= 4 is 17.9 Å². The first-order valence-corrected chi connectivity index (χ1v) is 31.3. The molecule has 0 spiro atoms. The van der Waals surface area contributed by atoms with Gasteiger partial charge in [-0.15, -0.1) is 0 Å². The van der Waals surface area contributed by atoms with Crippen LogP contribution in [0.1, 0.15) is 265 Å². The Hall–Kier alpha value is -4.71. The number of rotatable bonds is 55. The third-order valence-electron chi connectivity index (χ3n) is 12.8. The zero-order valence-electron chi connectivity index (χ0n) is 49.7. The Morgan fingerprint density at radius 3 is 0.844 bits per heavy atom. The van der Waals surface area contributed by atoms with Gasteiger partial charge in [0.15, 0.2) is 6.10 Å². The van der Waals surface area contributed by atoms with Crippen molar-refractivity contribution in [2.45, 2.75) is 271 Å². The second-order valence-electron chi connectivity index (χ2n) is 20.2. The molecule has 0 N–H and O–H groups in total. The first kappa shape index (κ1) is 72.3. The molecule has 0 aliphatic carbocycles. The molecule has 0 heterocycles. The summed E-state index contributed by atoms with van der Waals surface area (Å²) in [6.07, 6.45) is 91.4. The van der Waals surface area contributed by atoms with E-state index in [0.717, 1.165) is 161 Å². The van der Waals surface area contributed by atoms with Crippen LogP contribution in [0.5, 0.6) is 0 Å². The van der Waals surface area contributed by atoms with Gasteiger partial charge in [0.05, 0.1) is 0 Å². The Morgan fingerprint density at radius 2 is 0.519 bits per heavy atom. The van der Waals surface area contributed by atoms with Gasteiger partial charge in [-0.2, -0.15) is 0 Å². The summed E-state index contributed by atoms with van der Waals surface area (Å²) in [4.78, 5) is 38.1. The third kappa shape index (κ3) is 62.0. The van der Waals surface area contributed by atoms with Gasteiger partial charge in [0, 0.05) is 19.3 Å². The lowest BCUT2D eigenvalue weighted by molar-refractivity contribution is -0.167. The molecular formula is C71H114O6. The Bertz CT molecular complexity index is 1700. The summed E-state index contributed by atoms with van der Waals surface area (Å²) in [7, 11) is 0. The highest BCUT2D eigenvalue weighted by atomic mass is 16.6. The van der Waals surface area contributed by atoms with Crippen molar-refractivity contribution in [2.24, 2.45) is 0 Å². The van der Waals surface area contributed by atoms with Crippen LogP contribution in [-0.4, -0.2) is 37.2 Å². The molecule has 6 nitrogen and oxygen atoms in total. The zero-order chi connectivity index (χ0) is 55.7. The van der Waals surface area contributed by atoms with Crippen LogP contribution in [0.2, 0.25) is 0 Å². The Balaban J connectivity index is 4.28. The first-order chi connectivity index (χ1) is 38.0. The maximum absolute atomic E-state index is 12.8. The summed E-state index contributed by atoms with van der Waals surface area (Å²) in [5.41, 5.74) is 0. The molecule has 0 aromatic carbocycles. The lowest BCUT2D eigenvalue weighted by Gasteiger charge is -2.18. The lowest BCUT2D eigenvalue weighted by atomic mass is 10.1. The fourth-order valence-electron chi connectivity index (χ4n) is 8.09. The molecule has 0 saturated heterocycles. The number of hydrogen-bond donors (Lipinski definition) is 0. The number of carbonyl (C=O) groups is 3. The quantitative estimate of drug-likeness (QED) is 0.0261. The van der Waals surface area contributed by atoms with E-state index in [4.69, 9.17) is 14.2 Å². The highest BCUT2D eigenvalue weighted by molar-refractivity contribution is 5.71. The minimum atomic E-state index is -0.800. The molecule has 0 fully saturated rings. The predicted molar refractivity (Wildman–Crippen MR) is 334 cm³/mol. The van der Waals surface area contributed by atoms with Gasteiger partial charge in [0.1, 0.15) is 13.2 Å². The van der Waals surface area contributed by atoms with Gasteiger partial charge in [-0.05, 0) is 141 Å². The van der Waals surface area contributed by atoms with Crippen LogP contribution >= 0.6 is 0 Å². The van der Waals surface area contributed by atoms with Crippen LogP contribution < -0.4 is 0 Å². The van der Waals surface area contributed by atoms with Crippen LogP contribution in [0.25, 0.3) is 0 Å². The topological polar surface area (TPSA) is 78.9 Å². The van der Waals surface area contributed by atoms with Gasteiger partial charge >= 0.3 is 17.9 Å². The fourth-order valence-corrected chi connectivity index (χ4v) is 8.09. The molecule has 0 aromatic heterocycles.